The van der Waals surface area contributed by atoms with E-state index >= 15 is 0 Å². The fourth-order valence-corrected chi connectivity index (χ4v) is 3.70. The molecule has 0 aliphatic heterocycles. The number of rotatable bonds is 5. The summed E-state index contributed by atoms with van der Waals surface area (Å²) in [5.41, 5.74) is 1.29. The Bertz CT molecular complexity index is 1050. The molecule has 0 fully saturated rings. The van der Waals surface area contributed by atoms with Crippen LogP contribution in [0.2, 0.25) is 0 Å². The molecular weight excluding hydrogens is 364 g/mol. The summed E-state index contributed by atoms with van der Waals surface area (Å²) in [6, 6.07) is 20.6. The Morgan fingerprint density at radius 1 is 0.926 bits per heavy atom. The van der Waals surface area contributed by atoms with E-state index < -0.39 is 15.9 Å². The van der Waals surface area contributed by atoms with Gasteiger partial charge in [0.15, 0.2) is 0 Å². The molecule has 7 heteroatoms. The molecule has 2 N–H and O–H groups in total. The summed E-state index contributed by atoms with van der Waals surface area (Å²) in [4.78, 5) is 12.4. The Morgan fingerprint density at radius 2 is 1.59 bits per heavy atom. The van der Waals surface area contributed by atoms with E-state index in [-0.39, 0.29) is 10.6 Å². The normalized spacial score (nSPS) is 11.0. The minimum atomic E-state index is -3.73. The number of phenolic OH excluding ortho intramolecular Hbond substituents is 1. The summed E-state index contributed by atoms with van der Waals surface area (Å²) in [5, 5.41) is 12.1. The lowest BCUT2D eigenvalue weighted by Gasteiger charge is -2.19. The quantitative estimate of drug-likeness (QED) is 0.707. The molecule has 0 aromatic heterocycles. The third-order valence-corrected chi connectivity index (χ3v) is 5.80. The highest BCUT2D eigenvalue weighted by molar-refractivity contribution is 7.92. The molecule has 0 saturated carbocycles. The zero-order valence-corrected chi connectivity index (χ0v) is 15.3. The first-order valence-corrected chi connectivity index (χ1v) is 9.56. The molecule has 3 aromatic carbocycles. The number of anilines is 2. The molecule has 27 heavy (non-hydrogen) atoms. The highest BCUT2D eigenvalue weighted by atomic mass is 32.2. The van der Waals surface area contributed by atoms with Crippen LogP contribution in [-0.4, -0.2) is 26.5 Å². The molecule has 0 aliphatic rings. The first kappa shape index (κ1) is 18.5. The number of hydrogen-bond donors (Lipinski definition) is 2. The van der Waals surface area contributed by atoms with Crippen LogP contribution in [0, 0.1) is 0 Å². The second kappa shape index (κ2) is 7.51. The van der Waals surface area contributed by atoms with Crippen molar-refractivity contribution in [2.24, 2.45) is 0 Å². The lowest BCUT2D eigenvalue weighted by molar-refractivity contribution is 0.102. The number of benzene rings is 3. The van der Waals surface area contributed by atoms with Crippen LogP contribution < -0.4 is 9.62 Å². The first-order chi connectivity index (χ1) is 12.9. The first-order valence-electron chi connectivity index (χ1n) is 8.12. The van der Waals surface area contributed by atoms with Crippen LogP contribution in [0.3, 0.4) is 0 Å². The highest BCUT2D eigenvalue weighted by Crippen LogP contribution is 2.22. The third-order valence-electron chi connectivity index (χ3n) is 4.00. The van der Waals surface area contributed by atoms with Gasteiger partial charge in [-0.1, -0.05) is 24.3 Å². The lowest BCUT2D eigenvalue weighted by atomic mass is 10.2. The van der Waals surface area contributed by atoms with Crippen molar-refractivity contribution >= 4 is 27.3 Å². The average molecular weight is 382 g/mol. The van der Waals surface area contributed by atoms with Gasteiger partial charge in [0, 0.05) is 24.4 Å². The van der Waals surface area contributed by atoms with Gasteiger partial charge in [0.1, 0.15) is 5.75 Å². The Hall–Kier alpha value is -3.32. The minimum Gasteiger partial charge on any atom is -0.508 e. The fraction of sp³-hybridized carbons (Fsp3) is 0.0500. The van der Waals surface area contributed by atoms with Crippen molar-refractivity contribution in [3.8, 4) is 5.75 Å². The zero-order chi connectivity index (χ0) is 19.4. The second-order valence-corrected chi connectivity index (χ2v) is 7.81. The van der Waals surface area contributed by atoms with Gasteiger partial charge in [-0.3, -0.25) is 9.10 Å². The van der Waals surface area contributed by atoms with E-state index in [0.717, 1.165) is 0 Å². The number of nitrogens with zero attached hydrogens (tertiary/aromatic N) is 1. The van der Waals surface area contributed by atoms with Crippen LogP contribution in [-0.2, 0) is 10.0 Å². The van der Waals surface area contributed by atoms with Crippen LogP contribution in [0.1, 0.15) is 10.4 Å². The highest BCUT2D eigenvalue weighted by Gasteiger charge is 2.21. The summed E-state index contributed by atoms with van der Waals surface area (Å²) < 4.78 is 26.7. The van der Waals surface area contributed by atoms with E-state index in [9.17, 15) is 18.3 Å². The number of carbonyl (C=O) groups is 1. The van der Waals surface area contributed by atoms with Crippen LogP contribution >= 0.6 is 0 Å². The molecule has 0 spiro atoms. The van der Waals surface area contributed by atoms with E-state index in [1.54, 1.807) is 36.4 Å². The number of aromatic hydroxyl groups is 1. The summed E-state index contributed by atoms with van der Waals surface area (Å²) in [6.45, 7) is 0. The van der Waals surface area contributed by atoms with Crippen LogP contribution in [0.25, 0.3) is 0 Å². The van der Waals surface area contributed by atoms with Crippen molar-refractivity contribution in [3.63, 3.8) is 0 Å². The van der Waals surface area contributed by atoms with Gasteiger partial charge in [-0.05, 0) is 48.5 Å². The van der Waals surface area contributed by atoms with Gasteiger partial charge < -0.3 is 10.4 Å². The number of hydrogen-bond acceptors (Lipinski definition) is 4. The van der Waals surface area contributed by atoms with Crippen LogP contribution in [0.4, 0.5) is 11.4 Å². The fourth-order valence-electron chi connectivity index (χ4n) is 2.50. The van der Waals surface area contributed by atoms with E-state index in [0.29, 0.717) is 16.9 Å². The molecule has 0 bridgehead atoms. The molecule has 0 radical (unpaired) electrons. The summed E-state index contributed by atoms with van der Waals surface area (Å²) in [7, 11) is -2.25. The predicted molar refractivity (Wildman–Crippen MR) is 105 cm³/mol. The van der Waals surface area contributed by atoms with Gasteiger partial charge in [-0.25, -0.2) is 8.42 Å². The number of amides is 1. The Morgan fingerprint density at radius 3 is 2.22 bits per heavy atom. The predicted octanol–water partition coefficient (Wildman–Crippen LogP) is 3.47. The Kier molecular flexibility index (Phi) is 5.14. The van der Waals surface area contributed by atoms with Gasteiger partial charge in [0.2, 0.25) is 0 Å². The average Bonchev–Trinajstić information content (AvgIpc) is 2.68. The molecule has 1 amide bonds. The van der Waals surface area contributed by atoms with Crippen LogP contribution in [0.15, 0.2) is 83.8 Å². The number of phenols is 1. The molecule has 0 aliphatic carbocycles. The van der Waals surface area contributed by atoms with Gasteiger partial charge in [0.05, 0.1) is 10.6 Å². The largest absolute Gasteiger partial charge is 0.508 e. The Balaban J connectivity index is 1.79. The maximum atomic E-state index is 12.7. The molecule has 3 rings (SSSR count). The van der Waals surface area contributed by atoms with Crippen molar-refractivity contribution in [1.82, 2.24) is 0 Å². The molecular formula is C20H18N2O4S. The van der Waals surface area contributed by atoms with Gasteiger partial charge in [0.25, 0.3) is 15.9 Å². The maximum absolute atomic E-state index is 12.7. The smallest absolute Gasteiger partial charge is 0.264 e. The van der Waals surface area contributed by atoms with E-state index in [2.05, 4.69) is 5.32 Å². The maximum Gasteiger partial charge on any atom is 0.264 e. The van der Waals surface area contributed by atoms with E-state index in [4.69, 9.17) is 0 Å². The Labute approximate surface area is 157 Å². The minimum absolute atomic E-state index is 0.0400. The number of para-hydroxylation sites is 1. The van der Waals surface area contributed by atoms with Gasteiger partial charge in [-0.2, -0.15) is 0 Å². The molecule has 138 valence electrons. The number of sulfonamides is 1. The summed E-state index contributed by atoms with van der Waals surface area (Å²) in [5.74, 6) is -0.362. The van der Waals surface area contributed by atoms with Crippen molar-refractivity contribution in [1.29, 1.82) is 0 Å². The monoisotopic (exact) mass is 382 g/mol. The standard InChI is InChI=1S/C20H18N2O4S/c1-22(17-7-3-2-4-8-17)27(25,26)19-12-10-15(11-13-19)20(24)21-16-6-5-9-18(23)14-16/h2-14,23H,1H3,(H,21,24). The molecule has 0 saturated heterocycles. The van der Waals surface area contributed by atoms with Crippen molar-refractivity contribution in [2.75, 3.05) is 16.7 Å². The molecule has 0 unspecified atom stereocenters. The van der Waals surface area contributed by atoms with Gasteiger partial charge >= 0.3 is 0 Å². The number of carbonyl (C=O) groups excluding carboxylic acids is 1. The summed E-state index contributed by atoms with van der Waals surface area (Å²) >= 11 is 0. The van der Waals surface area contributed by atoms with E-state index in [1.807, 2.05) is 6.07 Å². The molecule has 6 nitrogen and oxygen atoms in total. The lowest BCUT2D eigenvalue weighted by Crippen LogP contribution is -2.26. The SMILES string of the molecule is CN(c1ccccc1)S(=O)(=O)c1ccc(C(=O)Nc2cccc(O)c2)cc1. The van der Waals surface area contributed by atoms with Crippen LogP contribution in [0.5, 0.6) is 5.75 Å². The topological polar surface area (TPSA) is 86.7 Å². The molecule has 0 heterocycles. The molecule has 3 aromatic rings. The molecule has 0 atom stereocenters. The number of nitrogens with one attached hydrogen (secondary N) is 1. The third kappa shape index (κ3) is 4.09. The van der Waals surface area contributed by atoms with Crippen molar-refractivity contribution < 1.29 is 18.3 Å². The van der Waals surface area contributed by atoms with E-state index in [1.165, 1.54) is 47.8 Å². The van der Waals surface area contributed by atoms with Gasteiger partial charge in [-0.15, -0.1) is 0 Å². The van der Waals surface area contributed by atoms with Crippen molar-refractivity contribution in [3.05, 3.63) is 84.4 Å². The zero-order valence-electron chi connectivity index (χ0n) is 14.5. The second-order valence-electron chi connectivity index (χ2n) is 5.84. The van der Waals surface area contributed by atoms with Crippen molar-refractivity contribution in [2.45, 2.75) is 4.90 Å². The summed E-state index contributed by atoms with van der Waals surface area (Å²) in [6.07, 6.45) is 0.